The molecule has 1 fully saturated rings. The molecule has 4 heteroatoms. The maximum absolute atomic E-state index is 9.66. The van der Waals surface area contributed by atoms with Gasteiger partial charge in [-0.25, -0.2) is 0 Å². The molecular weight excluding hydrogens is 392 g/mol. The lowest BCUT2D eigenvalue weighted by Crippen LogP contribution is -2.23. The lowest BCUT2D eigenvalue weighted by molar-refractivity contribution is 0.331. The Bertz CT molecular complexity index is 1200. The van der Waals surface area contributed by atoms with Crippen LogP contribution in [-0.4, -0.2) is 29.5 Å². The van der Waals surface area contributed by atoms with Gasteiger partial charge in [0.2, 0.25) is 0 Å². The predicted molar refractivity (Wildman–Crippen MR) is 130 cm³/mol. The number of pyridine rings is 1. The monoisotopic (exact) mass is 418 g/mol. The third kappa shape index (κ3) is 4.34. The first kappa shape index (κ1) is 20.2. The molecule has 0 bridgehead atoms. The fraction of sp³-hybridized carbons (Fsp3) is 0.214. The number of likely N-dealkylation sites (tertiary alicyclic amines) is 1. The van der Waals surface area contributed by atoms with Crippen LogP contribution in [0.15, 0.2) is 85.2 Å². The highest BCUT2D eigenvalue weighted by molar-refractivity contribution is 5.90. The van der Waals surface area contributed by atoms with Crippen molar-refractivity contribution in [1.82, 2.24) is 9.88 Å². The van der Waals surface area contributed by atoms with E-state index in [-0.39, 0.29) is 0 Å². The zero-order valence-electron chi connectivity index (χ0n) is 18.1. The van der Waals surface area contributed by atoms with Gasteiger partial charge in [-0.05, 0) is 79.0 Å². The molecule has 0 atom stereocenters. The topological polar surface area (TPSA) is 43.2 Å². The molecule has 3 heterocycles. The Morgan fingerprint density at radius 1 is 0.938 bits per heavy atom. The van der Waals surface area contributed by atoms with Gasteiger partial charge in [-0.2, -0.15) is 5.26 Å². The maximum atomic E-state index is 9.66. The van der Waals surface area contributed by atoms with Crippen molar-refractivity contribution in [2.24, 2.45) is 0 Å². The van der Waals surface area contributed by atoms with Crippen molar-refractivity contribution < 1.29 is 0 Å². The van der Waals surface area contributed by atoms with Gasteiger partial charge in [0.1, 0.15) is 0 Å². The molecule has 2 aliphatic heterocycles. The average Bonchev–Trinajstić information content (AvgIpc) is 3.37. The van der Waals surface area contributed by atoms with E-state index in [1.165, 1.54) is 31.5 Å². The van der Waals surface area contributed by atoms with Crippen LogP contribution in [0.3, 0.4) is 0 Å². The highest BCUT2D eigenvalue weighted by Crippen LogP contribution is 2.32. The van der Waals surface area contributed by atoms with E-state index in [2.05, 4.69) is 57.4 Å². The summed E-state index contributed by atoms with van der Waals surface area (Å²) in [5, 5.41) is 9.66. The molecule has 5 rings (SSSR count). The summed E-state index contributed by atoms with van der Waals surface area (Å²) in [6.07, 6.45) is 8.77. The van der Waals surface area contributed by atoms with E-state index in [0.29, 0.717) is 12.1 Å². The summed E-state index contributed by atoms with van der Waals surface area (Å²) in [5.41, 5.74) is 7.27. The van der Waals surface area contributed by atoms with Crippen LogP contribution in [0.5, 0.6) is 0 Å². The van der Waals surface area contributed by atoms with Crippen LogP contribution < -0.4 is 4.90 Å². The number of benzene rings is 2. The molecule has 1 saturated heterocycles. The SMILES string of the molecule is N#Cc1ccccc1C1=CC(c2ccccn2)=CN(c2cccc(CN3CCCC3)c2)C1. The zero-order chi connectivity index (χ0) is 21.8. The Morgan fingerprint density at radius 3 is 2.59 bits per heavy atom. The van der Waals surface area contributed by atoms with E-state index in [1.54, 1.807) is 0 Å². The Balaban J connectivity index is 1.52. The van der Waals surface area contributed by atoms with Crippen LogP contribution in [-0.2, 0) is 6.54 Å². The molecule has 1 aromatic heterocycles. The van der Waals surface area contributed by atoms with E-state index in [0.717, 1.165) is 34.6 Å². The second-order valence-electron chi connectivity index (χ2n) is 8.41. The normalized spacial score (nSPS) is 16.4. The minimum absolute atomic E-state index is 0.698. The standard InChI is InChI=1S/C28H26N4/c29-18-23-9-1-2-11-27(23)24-17-25(28-12-3-4-13-30-28)21-32(20-24)26-10-7-8-22(16-26)19-31-14-5-6-15-31/h1-4,7-13,16-17,21H,5-6,14-15,19-20H2. The number of hydrogen-bond donors (Lipinski definition) is 0. The Hall–Kier alpha value is -3.68. The summed E-state index contributed by atoms with van der Waals surface area (Å²) < 4.78 is 0. The highest BCUT2D eigenvalue weighted by Gasteiger charge is 2.19. The van der Waals surface area contributed by atoms with E-state index < -0.39 is 0 Å². The molecule has 2 aliphatic rings. The number of rotatable bonds is 5. The largest absolute Gasteiger partial charge is 0.343 e. The van der Waals surface area contributed by atoms with Crippen LogP contribution in [0.25, 0.3) is 11.1 Å². The number of aromatic nitrogens is 1. The molecule has 2 aromatic carbocycles. The van der Waals surface area contributed by atoms with Crippen LogP contribution in [0.4, 0.5) is 5.69 Å². The molecule has 0 saturated carbocycles. The second kappa shape index (κ2) is 9.21. The van der Waals surface area contributed by atoms with Crippen molar-refractivity contribution in [1.29, 1.82) is 5.26 Å². The molecule has 0 unspecified atom stereocenters. The van der Waals surface area contributed by atoms with Crippen molar-refractivity contribution in [2.75, 3.05) is 24.5 Å². The first-order valence-electron chi connectivity index (χ1n) is 11.2. The number of nitriles is 1. The first-order chi connectivity index (χ1) is 15.8. The molecule has 0 N–H and O–H groups in total. The third-order valence-corrected chi connectivity index (χ3v) is 6.17. The highest BCUT2D eigenvalue weighted by atomic mass is 15.1. The van der Waals surface area contributed by atoms with Crippen molar-refractivity contribution in [3.63, 3.8) is 0 Å². The molecule has 0 aliphatic carbocycles. The molecule has 4 nitrogen and oxygen atoms in total. The molecule has 3 aromatic rings. The summed E-state index contributed by atoms with van der Waals surface area (Å²) in [6, 6.07) is 25.0. The first-order valence-corrected chi connectivity index (χ1v) is 11.2. The van der Waals surface area contributed by atoms with Gasteiger partial charge in [0.05, 0.1) is 17.3 Å². The molecule has 32 heavy (non-hydrogen) atoms. The second-order valence-corrected chi connectivity index (χ2v) is 8.41. The Morgan fingerprint density at radius 2 is 1.78 bits per heavy atom. The molecule has 0 radical (unpaired) electrons. The Labute approximate surface area is 189 Å². The fourth-order valence-electron chi connectivity index (χ4n) is 4.56. The maximum Gasteiger partial charge on any atom is 0.0998 e. The quantitative estimate of drug-likeness (QED) is 0.549. The van der Waals surface area contributed by atoms with Crippen molar-refractivity contribution in [2.45, 2.75) is 19.4 Å². The van der Waals surface area contributed by atoms with Gasteiger partial charge in [-0.1, -0.05) is 36.4 Å². The summed E-state index contributed by atoms with van der Waals surface area (Å²) in [6.45, 7) is 4.09. The number of nitrogens with zero attached hydrogens (tertiary/aromatic N) is 4. The van der Waals surface area contributed by atoms with Gasteiger partial charge in [0.15, 0.2) is 0 Å². The van der Waals surface area contributed by atoms with Crippen molar-refractivity contribution in [3.05, 3.63) is 108 Å². The van der Waals surface area contributed by atoms with E-state index in [4.69, 9.17) is 0 Å². The van der Waals surface area contributed by atoms with Crippen LogP contribution >= 0.6 is 0 Å². The van der Waals surface area contributed by atoms with Crippen LogP contribution in [0.1, 0.15) is 35.2 Å². The Kier molecular flexibility index (Phi) is 5.83. The lowest BCUT2D eigenvalue weighted by atomic mass is 9.94. The molecule has 158 valence electrons. The fourth-order valence-corrected chi connectivity index (χ4v) is 4.56. The molecule has 0 spiro atoms. The lowest BCUT2D eigenvalue weighted by Gasteiger charge is -2.28. The smallest absolute Gasteiger partial charge is 0.0998 e. The van der Waals surface area contributed by atoms with Gasteiger partial charge in [-0.15, -0.1) is 0 Å². The minimum atomic E-state index is 0.698. The van der Waals surface area contributed by atoms with E-state index in [9.17, 15) is 5.26 Å². The van der Waals surface area contributed by atoms with Gasteiger partial charge in [0.25, 0.3) is 0 Å². The van der Waals surface area contributed by atoms with Crippen molar-refractivity contribution >= 4 is 16.8 Å². The summed E-state index contributed by atoms with van der Waals surface area (Å²) in [5.74, 6) is 0. The van der Waals surface area contributed by atoms with Gasteiger partial charge in [-0.3, -0.25) is 9.88 Å². The number of hydrogen-bond acceptors (Lipinski definition) is 4. The minimum Gasteiger partial charge on any atom is -0.343 e. The average molecular weight is 419 g/mol. The van der Waals surface area contributed by atoms with Crippen molar-refractivity contribution in [3.8, 4) is 6.07 Å². The van der Waals surface area contributed by atoms with Gasteiger partial charge >= 0.3 is 0 Å². The number of anilines is 1. The summed E-state index contributed by atoms with van der Waals surface area (Å²) >= 11 is 0. The van der Waals surface area contributed by atoms with Gasteiger partial charge in [0, 0.05) is 36.7 Å². The molecule has 0 amide bonds. The molecular formula is C28H26N4. The summed E-state index contributed by atoms with van der Waals surface area (Å²) in [4.78, 5) is 9.38. The predicted octanol–water partition coefficient (Wildman–Crippen LogP) is 5.49. The van der Waals surface area contributed by atoms with Gasteiger partial charge < -0.3 is 4.90 Å². The summed E-state index contributed by atoms with van der Waals surface area (Å²) in [7, 11) is 0. The van der Waals surface area contributed by atoms with E-state index in [1.807, 2.05) is 48.7 Å². The van der Waals surface area contributed by atoms with Crippen LogP contribution in [0.2, 0.25) is 0 Å². The third-order valence-electron chi connectivity index (χ3n) is 6.17. The number of allylic oxidation sites excluding steroid dienone is 2. The zero-order valence-corrected chi connectivity index (χ0v) is 18.1. The van der Waals surface area contributed by atoms with E-state index >= 15 is 0 Å². The van der Waals surface area contributed by atoms with Crippen LogP contribution in [0, 0.1) is 11.3 Å².